The van der Waals surface area contributed by atoms with Gasteiger partial charge in [-0.05, 0) is 78.7 Å². The number of amides is 2. The molecule has 11 heteroatoms. The van der Waals surface area contributed by atoms with Crippen LogP contribution in [0.25, 0.3) is 22.2 Å². The van der Waals surface area contributed by atoms with E-state index in [2.05, 4.69) is 10.3 Å². The van der Waals surface area contributed by atoms with Gasteiger partial charge in [0.1, 0.15) is 19.0 Å². The van der Waals surface area contributed by atoms with Crippen molar-refractivity contribution < 1.29 is 27.8 Å². The summed E-state index contributed by atoms with van der Waals surface area (Å²) in [7, 11) is 0. The number of carbonyl (C=O) groups excluding carboxylic acids is 2. The van der Waals surface area contributed by atoms with Crippen molar-refractivity contribution in [3.05, 3.63) is 104 Å². The first-order valence-electron chi connectivity index (χ1n) is 12.1. The maximum Gasteiger partial charge on any atom is 0.290 e. The van der Waals surface area contributed by atoms with E-state index in [1.165, 1.54) is 6.07 Å². The van der Waals surface area contributed by atoms with Crippen LogP contribution in [0.3, 0.4) is 0 Å². The number of imide groups is 1. The van der Waals surface area contributed by atoms with Crippen molar-refractivity contribution >= 4 is 45.4 Å². The highest BCUT2D eigenvalue weighted by atomic mass is 35.5. The van der Waals surface area contributed by atoms with Gasteiger partial charge in [0, 0.05) is 10.9 Å². The Balaban J connectivity index is 1.31. The molecular formula is C29H21ClF2N2O5S. The molecule has 0 saturated carbocycles. The number of hydrogen-bond donors (Lipinski definition) is 2. The summed E-state index contributed by atoms with van der Waals surface area (Å²) in [5.74, 6) is -2.14. The number of H-pyrrole nitrogens is 1. The van der Waals surface area contributed by atoms with Gasteiger partial charge < -0.3 is 14.5 Å². The third kappa shape index (κ3) is 5.88. The van der Waals surface area contributed by atoms with Crippen LogP contribution >= 0.6 is 23.4 Å². The van der Waals surface area contributed by atoms with Crippen molar-refractivity contribution in [2.24, 2.45) is 0 Å². The Bertz CT molecular complexity index is 1750. The fourth-order valence-corrected chi connectivity index (χ4v) is 5.05. The molecule has 0 radical (unpaired) electrons. The summed E-state index contributed by atoms with van der Waals surface area (Å²) in [6.45, 7) is 1.87. The van der Waals surface area contributed by atoms with E-state index in [0.717, 1.165) is 35.0 Å². The van der Waals surface area contributed by atoms with Gasteiger partial charge >= 0.3 is 0 Å². The zero-order valence-electron chi connectivity index (χ0n) is 21.0. The van der Waals surface area contributed by atoms with Crippen molar-refractivity contribution in [2.75, 3.05) is 13.2 Å². The predicted molar refractivity (Wildman–Crippen MR) is 150 cm³/mol. The van der Waals surface area contributed by atoms with Crippen molar-refractivity contribution in [1.82, 2.24) is 10.3 Å². The molecule has 0 atom stereocenters. The molecule has 1 fully saturated rings. The summed E-state index contributed by atoms with van der Waals surface area (Å²) < 4.78 is 39.2. The van der Waals surface area contributed by atoms with Crippen molar-refractivity contribution in [3.63, 3.8) is 0 Å². The Kier molecular flexibility index (Phi) is 7.90. The van der Waals surface area contributed by atoms with Crippen molar-refractivity contribution in [2.45, 2.75) is 13.3 Å². The van der Waals surface area contributed by atoms with Crippen LogP contribution in [0.2, 0.25) is 5.02 Å². The summed E-state index contributed by atoms with van der Waals surface area (Å²) >= 11 is 7.21. The van der Waals surface area contributed by atoms with Crippen LogP contribution in [-0.2, 0) is 11.2 Å². The third-order valence-electron chi connectivity index (χ3n) is 6.07. The molecule has 1 saturated heterocycles. The number of thioether (sulfide) groups is 1. The number of carbonyl (C=O) groups is 2. The number of rotatable bonds is 8. The topological polar surface area (TPSA) is 97.5 Å². The predicted octanol–water partition coefficient (Wildman–Crippen LogP) is 6.30. The number of fused-ring (bicyclic) bond motifs is 1. The van der Waals surface area contributed by atoms with E-state index in [1.54, 1.807) is 42.5 Å². The molecule has 7 nitrogen and oxygen atoms in total. The summed E-state index contributed by atoms with van der Waals surface area (Å²) in [6, 6.07) is 13.7. The quantitative estimate of drug-likeness (QED) is 0.187. The Morgan fingerprint density at radius 2 is 1.75 bits per heavy atom. The molecule has 0 bridgehead atoms. The van der Waals surface area contributed by atoms with E-state index in [0.29, 0.717) is 33.0 Å². The van der Waals surface area contributed by atoms with E-state index >= 15 is 0 Å². The fourth-order valence-electron chi connectivity index (χ4n) is 4.13. The largest absolute Gasteiger partial charge is 0.488 e. The van der Waals surface area contributed by atoms with Gasteiger partial charge in [0.05, 0.1) is 21.1 Å². The van der Waals surface area contributed by atoms with Crippen LogP contribution < -0.4 is 20.2 Å². The first-order chi connectivity index (χ1) is 19.2. The summed E-state index contributed by atoms with van der Waals surface area (Å²) in [6.07, 6.45) is 2.04. The van der Waals surface area contributed by atoms with Crippen LogP contribution in [0.5, 0.6) is 11.5 Å². The molecule has 1 aromatic heterocycles. The molecular weight excluding hydrogens is 562 g/mol. The lowest BCUT2D eigenvalue weighted by Gasteiger charge is -2.14. The van der Waals surface area contributed by atoms with E-state index in [-0.39, 0.29) is 30.2 Å². The van der Waals surface area contributed by atoms with E-state index < -0.39 is 28.2 Å². The molecule has 0 unspecified atom stereocenters. The standard InChI is InChI=1S/C29H21ClF2N2O5S/c1-15-2-6-18-22(12-15)33-25(17-5-7-20(31)21(32)14-17)27(26(18)35)39-11-10-38-23-8-3-16(13-19(23)30)4-9-24-28(36)34-29(37)40-24/h2-3,5-9,12-14H,4,10-11H2,1H3,(H,33,35)(H,34,36,37). The highest BCUT2D eigenvalue weighted by Gasteiger charge is 2.24. The number of aromatic nitrogens is 1. The van der Waals surface area contributed by atoms with Crippen LogP contribution in [0, 0.1) is 18.6 Å². The van der Waals surface area contributed by atoms with Gasteiger partial charge in [0.15, 0.2) is 17.4 Å². The first kappa shape index (κ1) is 27.4. The zero-order chi connectivity index (χ0) is 28.4. The number of ether oxygens (including phenoxy) is 2. The number of aromatic amines is 1. The number of nitrogens with one attached hydrogen (secondary N) is 2. The maximum atomic E-state index is 14.0. The van der Waals surface area contributed by atoms with Gasteiger partial charge in [-0.25, -0.2) is 8.78 Å². The minimum absolute atomic E-state index is 0.0324. The van der Waals surface area contributed by atoms with Crippen LogP contribution in [0.15, 0.2) is 70.4 Å². The molecule has 5 rings (SSSR count). The molecule has 1 aliphatic rings. The maximum absolute atomic E-state index is 14.0. The van der Waals surface area contributed by atoms with E-state index in [1.807, 2.05) is 6.92 Å². The highest BCUT2D eigenvalue weighted by Crippen LogP contribution is 2.30. The summed E-state index contributed by atoms with van der Waals surface area (Å²) in [4.78, 5) is 39.7. The SMILES string of the molecule is Cc1ccc2c(=O)c(OCCOc3ccc(CC=C4SC(=O)NC4=O)cc3Cl)c(-c3ccc(F)c(F)c3)[nH]c2c1. The number of benzene rings is 3. The Morgan fingerprint density at radius 3 is 2.48 bits per heavy atom. The normalized spacial score (nSPS) is 14.2. The van der Waals surface area contributed by atoms with E-state index in [9.17, 15) is 23.2 Å². The van der Waals surface area contributed by atoms with Crippen LogP contribution in [-0.4, -0.2) is 29.3 Å². The van der Waals surface area contributed by atoms with Crippen molar-refractivity contribution in [3.8, 4) is 22.8 Å². The van der Waals surface area contributed by atoms with Gasteiger partial charge in [-0.15, -0.1) is 0 Å². The zero-order valence-corrected chi connectivity index (χ0v) is 22.6. The minimum atomic E-state index is -1.05. The average molecular weight is 583 g/mol. The third-order valence-corrected chi connectivity index (χ3v) is 7.22. The lowest BCUT2D eigenvalue weighted by Crippen LogP contribution is -2.17. The van der Waals surface area contributed by atoms with Crippen LogP contribution in [0.4, 0.5) is 13.6 Å². The van der Waals surface area contributed by atoms with Crippen LogP contribution in [0.1, 0.15) is 11.1 Å². The number of aryl methyl sites for hydroxylation is 1. The molecule has 2 amide bonds. The number of hydrogen-bond acceptors (Lipinski definition) is 6. The second-order valence-electron chi connectivity index (χ2n) is 8.91. The van der Waals surface area contributed by atoms with E-state index in [4.69, 9.17) is 21.1 Å². The molecule has 4 aromatic rings. The molecule has 204 valence electrons. The lowest BCUT2D eigenvalue weighted by molar-refractivity contribution is -0.115. The second-order valence-corrected chi connectivity index (χ2v) is 10.3. The molecule has 2 heterocycles. The smallest absolute Gasteiger partial charge is 0.290 e. The minimum Gasteiger partial charge on any atom is -0.488 e. The van der Waals surface area contributed by atoms with Gasteiger partial charge in [-0.2, -0.15) is 0 Å². The van der Waals surface area contributed by atoms with Gasteiger partial charge in [0.2, 0.25) is 5.43 Å². The molecule has 40 heavy (non-hydrogen) atoms. The second kappa shape index (κ2) is 11.5. The first-order valence-corrected chi connectivity index (χ1v) is 13.3. The molecule has 0 aliphatic carbocycles. The number of allylic oxidation sites excluding steroid dienone is 1. The van der Waals surface area contributed by atoms with Gasteiger partial charge in [0.25, 0.3) is 11.1 Å². The Labute approximate surface area is 236 Å². The fraction of sp³-hybridized carbons (Fsp3) is 0.138. The monoisotopic (exact) mass is 582 g/mol. The molecule has 3 aromatic carbocycles. The van der Waals surface area contributed by atoms with Gasteiger partial charge in [-0.3, -0.25) is 19.7 Å². The highest BCUT2D eigenvalue weighted by molar-refractivity contribution is 8.18. The molecule has 1 aliphatic heterocycles. The number of halogens is 3. The van der Waals surface area contributed by atoms with Gasteiger partial charge in [-0.1, -0.05) is 29.8 Å². The summed E-state index contributed by atoms with van der Waals surface area (Å²) in [5.41, 5.74) is 2.33. The Morgan fingerprint density at radius 1 is 0.950 bits per heavy atom. The summed E-state index contributed by atoms with van der Waals surface area (Å²) in [5, 5.41) is 2.52. The Hall–Kier alpha value is -4.15. The lowest BCUT2D eigenvalue weighted by atomic mass is 10.1. The molecule has 2 N–H and O–H groups in total. The molecule has 0 spiro atoms. The average Bonchev–Trinajstić information content (AvgIpc) is 3.25. The number of pyridine rings is 1. The van der Waals surface area contributed by atoms with Crippen molar-refractivity contribution in [1.29, 1.82) is 0 Å².